The van der Waals surface area contributed by atoms with Crippen LogP contribution in [0.1, 0.15) is 37.0 Å². The summed E-state index contributed by atoms with van der Waals surface area (Å²) < 4.78 is 45.0. The third-order valence-corrected chi connectivity index (χ3v) is 4.06. The van der Waals surface area contributed by atoms with Crippen LogP contribution in [0.5, 0.6) is 0 Å². The van der Waals surface area contributed by atoms with E-state index in [1.807, 2.05) is 0 Å². The van der Waals surface area contributed by atoms with Gasteiger partial charge in [0.2, 0.25) is 0 Å². The quantitative estimate of drug-likeness (QED) is 0.476. The van der Waals surface area contributed by atoms with E-state index in [2.05, 4.69) is 4.98 Å². The molecule has 130 valence electrons. The van der Waals surface area contributed by atoms with Crippen LogP contribution in [0.4, 0.5) is 13.2 Å². The van der Waals surface area contributed by atoms with E-state index in [1.54, 1.807) is 0 Å². The molecule has 0 spiro atoms. The number of allylic oxidation sites excluding steroid dienone is 1. The first-order valence-electron chi connectivity index (χ1n) is 7.07. The molecule has 1 aliphatic rings. The van der Waals surface area contributed by atoms with E-state index in [-0.39, 0.29) is 11.1 Å². The van der Waals surface area contributed by atoms with Crippen molar-refractivity contribution in [1.82, 2.24) is 4.98 Å². The van der Waals surface area contributed by atoms with Crippen molar-refractivity contribution in [2.45, 2.75) is 39.0 Å². The van der Waals surface area contributed by atoms with Crippen molar-refractivity contribution in [2.24, 2.45) is 5.41 Å². The number of pyridine rings is 1. The van der Waals surface area contributed by atoms with Gasteiger partial charge in [0.05, 0.1) is 15.9 Å². The van der Waals surface area contributed by atoms with E-state index in [0.717, 1.165) is 6.92 Å². The summed E-state index contributed by atoms with van der Waals surface area (Å²) in [5, 5.41) is 11.2. The van der Waals surface area contributed by atoms with E-state index < -0.39 is 47.1 Å². The van der Waals surface area contributed by atoms with Gasteiger partial charge in [0.25, 0.3) is 5.70 Å². The second kappa shape index (κ2) is 6.21. The summed E-state index contributed by atoms with van der Waals surface area (Å²) in [6, 6.07) is 2.82. The number of ether oxygens (including phenoxy) is 1. The maximum Gasteiger partial charge on any atom is 0.394 e. The normalized spacial score (nSPS) is 24.6. The maximum absolute atomic E-state index is 13.3. The second-order valence-corrected chi connectivity index (χ2v) is 6.00. The number of carbonyl (C=O) groups excluding carboxylic acids is 1. The van der Waals surface area contributed by atoms with Gasteiger partial charge in [0, 0.05) is 24.4 Å². The number of hydrogen-bond donors (Lipinski definition) is 0. The van der Waals surface area contributed by atoms with Gasteiger partial charge in [-0.25, -0.2) is 4.79 Å². The largest absolute Gasteiger partial charge is 0.447 e. The molecule has 1 aromatic heterocycles. The number of esters is 1. The Morgan fingerprint density at radius 2 is 2.17 bits per heavy atom. The van der Waals surface area contributed by atoms with Crippen molar-refractivity contribution in [1.29, 1.82) is 0 Å². The fraction of sp³-hybridized carbons (Fsp3) is 0.467. The Balaban J connectivity index is 2.35. The van der Waals surface area contributed by atoms with Crippen molar-refractivity contribution < 1.29 is 27.6 Å². The van der Waals surface area contributed by atoms with Crippen molar-refractivity contribution in [2.75, 3.05) is 0 Å². The fourth-order valence-electron chi connectivity index (χ4n) is 2.80. The number of hydrogen-bond acceptors (Lipinski definition) is 5. The van der Waals surface area contributed by atoms with Crippen LogP contribution in [0.25, 0.3) is 0 Å². The first-order valence-corrected chi connectivity index (χ1v) is 7.07. The molecule has 0 bridgehead atoms. The van der Waals surface area contributed by atoms with Crippen molar-refractivity contribution in [3.05, 3.63) is 51.5 Å². The smallest absolute Gasteiger partial charge is 0.394 e. The molecule has 0 N–H and O–H groups in total. The number of halogens is 3. The lowest BCUT2D eigenvalue weighted by Crippen LogP contribution is -2.44. The Kier molecular flexibility index (Phi) is 4.63. The van der Waals surface area contributed by atoms with E-state index in [0.29, 0.717) is 0 Å². The zero-order valence-electron chi connectivity index (χ0n) is 13.0. The van der Waals surface area contributed by atoms with Gasteiger partial charge in [-0.15, -0.1) is 0 Å². The van der Waals surface area contributed by atoms with E-state index in [1.165, 1.54) is 31.5 Å². The lowest BCUT2D eigenvalue weighted by molar-refractivity contribution is -0.440. The molecule has 0 saturated carbocycles. The van der Waals surface area contributed by atoms with Gasteiger partial charge >= 0.3 is 12.1 Å². The molecular weight excluding hydrogens is 329 g/mol. The summed E-state index contributed by atoms with van der Waals surface area (Å²) in [7, 11) is 0. The van der Waals surface area contributed by atoms with Gasteiger partial charge in [-0.05, 0) is 25.5 Å². The lowest BCUT2D eigenvalue weighted by Gasteiger charge is -2.37. The van der Waals surface area contributed by atoms with Gasteiger partial charge in [0.1, 0.15) is 0 Å². The average molecular weight is 344 g/mol. The molecule has 0 amide bonds. The molecule has 1 heterocycles. The van der Waals surface area contributed by atoms with E-state index >= 15 is 0 Å². The van der Waals surface area contributed by atoms with Crippen LogP contribution in [0.2, 0.25) is 0 Å². The lowest BCUT2D eigenvalue weighted by atomic mass is 9.73. The molecule has 6 nitrogen and oxygen atoms in total. The van der Waals surface area contributed by atoms with E-state index in [9.17, 15) is 28.1 Å². The minimum atomic E-state index is -4.57. The zero-order valence-corrected chi connectivity index (χ0v) is 13.0. The first-order chi connectivity index (χ1) is 11.0. The molecule has 2 rings (SSSR count). The zero-order chi connectivity index (χ0) is 18.1. The summed E-state index contributed by atoms with van der Waals surface area (Å²) >= 11 is 0. The predicted molar refractivity (Wildman–Crippen MR) is 76.5 cm³/mol. The van der Waals surface area contributed by atoms with Crippen LogP contribution in [-0.4, -0.2) is 28.2 Å². The van der Waals surface area contributed by atoms with Crippen molar-refractivity contribution in [3.63, 3.8) is 0 Å². The number of nitro groups is 1. The van der Waals surface area contributed by atoms with Crippen LogP contribution in [0.3, 0.4) is 0 Å². The predicted octanol–water partition coefficient (Wildman–Crippen LogP) is 3.52. The van der Waals surface area contributed by atoms with Crippen LogP contribution in [0, 0.1) is 15.5 Å². The van der Waals surface area contributed by atoms with Crippen LogP contribution in [0.15, 0.2) is 35.8 Å². The molecule has 2 unspecified atom stereocenters. The highest BCUT2D eigenvalue weighted by molar-refractivity contribution is 5.89. The Bertz CT molecular complexity index is 688. The molecule has 0 fully saturated rings. The average Bonchev–Trinajstić information content (AvgIpc) is 2.45. The second-order valence-electron chi connectivity index (χ2n) is 6.00. The Labute approximate surface area is 135 Å². The van der Waals surface area contributed by atoms with Crippen LogP contribution >= 0.6 is 0 Å². The molecule has 2 atom stereocenters. The minimum absolute atomic E-state index is 0.0112. The maximum atomic E-state index is 13.3. The molecular formula is C15H15F3N2O4. The third kappa shape index (κ3) is 3.39. The van der Waals surface area contributed by atoms with Gasteiger partial charge in [-0.2, -0.15) is 13.2 Å². The van der Waals surface area contributed by atoms with Crippen LogP contribution in [-0.2, 0) is 4.74 Å². The fourth-order valence-corrected chi connectivity index (χ4v) is 2.80. The van der Waals surface area contributed by atoms with E-state index in [4.69, 9.17) is 4.74 Å². The number of rotatable bonds is 3. The Hall–Kier alpha value is -2.45. The van der Waals surface area contributed by atoms with Gasteiger partial charge < -0.3 is 4.74 Å². The third-order valence-electron chi connectivity index (χ3n) is 4.06. The standard InChI is InChI=1S/C15H15F3N2O4/c1-9-6-14(2,15(16,17)18)7-11(12(9)20(22)23)24-13(21)10-4-3-5-19-8-10/h3-5,8,11H,6-7H2,1-2H3. The highest BCUT2D eigenvalue weighted by atomic mass is 19.4. The SMILES string of the molecule is CC1=C([N+](=O)[O-])C(OC(=O)c2cccnc2)CC(C)(C(F)(F)F)C1. The summed E-state index contributed by atoms with van der Waals surface area (Å²) in [4.78, 5) is 26.2. The number of carbonyl (C=O) groups is 1. The Morgan fingerprint density at radius 1 is 1.50 bits per heavy atom. The molecule has 0 radical (unpaired) electrons. The molecule has 0 saturated heterocycles. The van der Waals surface area contributed by atoms with Crippen molar-refractivity contribution >= 4 is 5.97 Å². The molecule has 0 aliphatic heterocycles. The molecule has 9 heteroatoms. The highest BCUT2D eigenvalue weighted by Gasteiger charge is 2.57. The molecule has 0 aromatic carbocycles. The monoisotopic (exact) mass is 344 g/mol. The van der Waals surface area contributed by atoms with Crippen LogP contribution < -0.4 is 0 Å². The summed E-state index contributed by atoms with van der Waals surface area (Å²) in [5.41, 5.74) is -2.72. The molecule has 1 aliphatic carbocycles. The first kappa shape index (κ1) is 17.9. The van der Waals surface area contributed by atoms with Crippen molar-refractivity contribution in [3.8, 4) is 0 Å². The highest BCUT2D eigenvalue weighted by Crippen LogP contribution is 2.50. The number of nitrogens with zero attached hydrogens (tertiary/aromatic N) is 2. The minimum Gasteiger partial charge on any atom is -0.447 e. The van der Waals surface area contributed by atoms with Gasteiger partial charge in [-0.1, -0.05) is 6.92 Å². The number of aromatic nitrogens is 1. The van der Waals surface area contributed by atoms with Gasteiger partial charge in [0.15, 0.2) is 6.10 Å². The number of alkyl halides is 3. The Morgan fingerprint density at radius 3 is 2.67 bits per heavy atom. The summed E-state index contributed by atoms with van der Waals surface area (Å²) in [6.07, 6.45) is -4.77. The summed E-state index contributed by atoms with van der Waals surface area (Å²) in [6.45, 7) is 2.23. The topological polar surface area (TPSA) is 82.3 Å². The molecule has 24 heavy (non-hydrogen) atoms. The molecule has 1 aromatic rings. The van der Waals surface area contributed by atoms with Gasteiger partial charge in [-0.3, -0.25) is 15.1 Å². The summed E-state index contributed by atoms with van der Waals surface area (Å²) in [5.74, 6) is -0.952.